The summed E-state index contributed by atoms with van der Waals surface area (Å²) in [5, 5.41) is 3.00. The van der Waals surface area contributed by atoms with Crippen LogP contribution >= 0.6 is 0 Å². The predicted molar refractivity (Wildman–Crippen MR) is 126 cm³/mol. The van der Waals surface area contributed by atoms with E-state index in [1.165, 1.54) is 0 Å². The lowest BCUT2D eigenvalue weighted by Gasteiger charge is -2.36. The summed E-state index contributed by atoms with van der Waals surface area (Å²) in [7, 11) is 2.13. The van der Waals surface area contributed by atoms with E-state index >= 15 is 0 Å². The Labute approximate surface area is 190 Å². The summed E-state index contributed by atoms with van der Waals surface area (Å²) >= 11 is 0. The number of carbonyl (C=O) groups excluding carboxylic acids is 2. The molecule has 1 aromatic carbocycles. The van der Waals surface area contributed by atoms with E-state index in [0.29, 0.717) is 17.7 Å². The average Bonchev–Trinajstić information content (AvgIpc) is 2.85. The Hall–Kier alpha value is -2.93. The van der Waals surface area contributed by atoms with Crippen LogP contribution in [-0.4, -0.2) is 79.0 Å². The van der Waals surface area contributed by atoms with E-state index in [0.717, 1.165) is 64.2 Å². The molecule has 2 saturated heterocycles. The minimum Gasteiger partial charge on any atom is -0.354 e. The molecule has 32 heavy (non-hydrogen) atoms. The quantitative estimate of drug-likeness (QED) is 0.756. The molecule has 2 aromatic rings. The van der Waals surface area contributed by atoms with Crippen LogP contribution in [0.2, 0.25) is 0 Å². The summed E-state index contributed by atoms with van der Waals surface area (Å²) in [6.45, 7) is 5.18. The van der Waals surface area contributed by atoms with Crippen LogP contribution in [0.25, 0.3) is 0 Å². The number of hydrogen-bond acceptors (Lipinski definition) is 5. The second-order valence-corrected chi connectivity index (χ2v) is 8.75. The van der Waals surface area contributed by atoms with Crippen molar-refractivity contribution in [3.05, 3.63) is 59.8 Å². The Morgan fingerprint density at radius 1 is 1.00 bits per heavy atom. The Kier molecular flexibility index (Phi) is 7.37. The van der Waals surface area contributed by atoms with Crippen molar-refractivity contribution in [2.45, 2.75) is 31.7 Å². The Balaban J connectivity index is 1.37. The molecule has 0 spiro atoms. The number of benzene rings is 1. The van der Waals surface area contributed by atoms with Crippen LogP contribution in [0, 0.1) is 0 Å². The topological polar surface area (TPSA) is 68.8 Å². The molecule has 3 heterocycles. The van der Waals surface area contributed by atoms with Gasteiger partial charge in [0.25, 0.3) is 11.8 Å². The molecule has 7 heteroatoms. The lowest BCUT2D eigenvalue weighted by atomic mass is 9.98. The monoisotopic (exact) mass is 435 g/mol. The van der Waals surface area contributed by atoms with Crippen molar-refractivity contribution in [2.24, 2.45) is 0 Å². The maximum atomic E-state index is 13.4. The fourth-order valence-electron chi connectivity index (χ4n) is 4.54. The van der Waals surface area contributed by atoms with Gasteiger partial charge in [0.2, 0.25) is 0 Å². The first-order valence-corrected chi connectivity index (χ1v) is 11.7. The number of hydrogen-bond donors (Lipinski definition) is 1. The van der Waals surface area contributed by atoms with Gasteiger partial charge in [0.15, 0.2) is 0 Å². The zero-order valence-electron chi connectivity index (χ0n) is 18.9. The number of piperidine rings is 1. The number of nitrogens with zero attached hydrogens (tertiary/aromatic N) is 4. The van der Waals surface area contributed by atoms with Crippen molar-refractivity contribution >= 4 is 17.6 Å². The second kappa shape index (κ2) is 10.6. The van der Waals surface area contributed by atoms with Gasteiger partial charge in [0.1, 0.15) is 5.82 Å². The number of anilines is 1. The third-order valence-electron chi connectivity index (χ3n) is 6.51. The van der Waals surface area contributed by atoms with Gasteiger partial charge in [-0.25, -0.2) is 4.98 Å². The summed E-state index contributed by atoms with van der Waals surface area (Å²) in [4.78, 5) is 36.8. The third kappa shape index (κ3) is 5.46. The van der Waals surface area contributed by atoms with E-state index in [9.17, 15) is 9.59 Å². The molecule has 0 unspecified atom stereocenters. The highest BCUT2D eigenvalue weighted by atomic mass is 16.2. The molecule has 1 atom stereocenters. The highest BCUT2D eigenvalue weighted by molar-refractivity contribution is 5.95. The summed E-state index contributed by atoms with van der Waals surface area (Å²) in [6.07, 6.45) is 5.63. The number of rotatable bonds is 6. The van der Waals surface area contributed by atoms with Gasteiger partial charge < -0.3 is 20.0 Å². The van der Waals surface area contributed by atoms with Crippen LogP contribution in [0.4, 0.5) is 5.82 Å². The number of nitrogens with one attached hydrogen (secondary N) is 1. The Morgan fingerprint density at radius 3 is 2.56 bits per heavy atom. The summed E-state index contributed by atoms with van der Waals surface area (Å²) in [5.74, 6) is 0.889. The molecule has 2 aliphatic rings. The molecule has 0 bridgehead atoms. The minimum absolute atomic E-state index is 0.0646. The van der Waals surface area contributed by atoms with Gasteiger partial charge in [-0.15, -0.1) is 0 Å². The normalized spacial score (nSPS) is 19.6. The van der Waals surface area contributed by atoms with Crippen molar-refractivity contribution in [3.63, 3.8) is 0 Å². The third-order valence-corrected chi connectivity index (χ3v) is 6.51. The summed E-state index contributed by atoms with van der Waals surface area (Å²) < 4.78 is 0. The molecule has 7 nitrogen and oxygen atoms in total. The molecular weight excluding hydrogens is 402 g/mol. The zero-order chi connectivity index (χ0) is 22.3. The molecule has 2 amide bonds. The summed E-state index contributed by atoms with van der Waals surface area (Å²) in [6, 6.07) is 13.2. The average molecular weight is 436 g/mol. The van der Waals surface area contributed by atoms with Gasteiger partial charge in [-0.05, 0) is 57.0 Å². The van der Waals surface area contributed by atoms with Gasteiger partial charge in [0, 0.05) is 62.6 Å². The van der Waals surface area contributed by atoms with Gasteiger partial charge in [0.05, 0.1) is 0 Å². The molecule has 0 aliphatic carbocycles. The van der Waals surface area contributed by atoms with Gasteiger partial charge in [-0.2, -0.15) is 0 Å². The second-order valence-electron chi connectivity index (χ2n) is 8.75. The fourth-order valence-corrected chi connectivity index (χ4v) is 4.54. The van der Waals surface area contributed by atoms with Crippen molar-refractivity contribution in [1.82, 2.24) is 20.1 Å². The van der Waals surface area contributed by atoms with E-state index in [1.54, 1.807) is 6.20 Å². The largest absolute Gasteiger partial charge is 0.354 e. The van der Waals surface area contributed by atoms with Gasteiger partial charge in [-0.1, -0.05) is 18.2 Å². The van der Waals surface area contributed by atoms with E-state index in [4.69, 9.17) is 0 Å². The lowest BCUT2D eigenvalue weighted by Crippen LogP contribution is -2.46. The molecule has 1 N–H and O–H groups in total. The van der Waals surface area contributed by atoms with Crippen LogP contribution in [0.3, 0.4) is 0 Å². The Morgan fingerprint density at radius 2 is 1.78 bits per heavy atom. The number of carbonyl (C=O) groups is 2. The van der Waals surface area contributed by atoms with Crippen LogP contribution in [0.1, 0.15) is 46.4 Å². The molecule has 170 valence electrons. The van der Waals surface area contributed by atoms with Crippen molar-refractivity contribution in [1.29, 1.82) is 0 Å². The number of aromatic nitrogens is 1. The van der Waals surface area contributed by atoms with E-state index in [1.807, 2.05) is 47.4 Å². The van der Waals surface area contributed by atoms with Crippen LogP contribution in [0.5, 0.6) is 0 Å². The van der Waals surface area contributed by atoms with Gasteiger partial charge >= 0.3 is 0 Å². The minimum atomic E-state index is -0.0646. The smallest absolute Gasteiger partial charge is 0.254 e. The number of piperazine rings is 1. The van der Waals surface area contributed by atoms with Crippen LogP contribution < -0.4 is 10.2 Å². The highest BCUT2D eigenvalue weighted by Gasteiger charge is 2.28. The van der Waals surface area contributed by atoms with Crippen LogP contribution in [-0.2, 0) is 0 Å². The van der Waals surface area contributed by atoms with Crippen LogP contribution in [0.15, 0.2) is 48.7 Å². The zero-order valence-corrected chi connectivity index (χ0v) is 18.9. The number of likely N-dealkylation sites (tertiary alicyclic amines) is 1. The first-order chi connectivity index (χ1) is 15.6. The predicted octanol–water partition coefficient (Wildman–Crippen LogP) is 2.65. The molecule has 2 fully saturated rings. The van der Waals surface area contributed by atoms with Crippen molar-refractivity contribution < 1.29 is 9.59 Å². The van der Waals surface area contributed by atoms with E-state index < -0.39 is 0 Å². The molecule has 0 saturated carbocycles. The van der Waals surface area contributed by atoms with Crippen molar-refractivity contribution in [2.75, 3.05) is 51.2 Å². The standard InChI is InChI=1S/C25H33N5O2/c1-28-15-17-29(18-16-28)23-19-21(10-12-26-23)25(32)30-14-6-5-9-22(30)11-13-27-24(31)20-7-3-2-4-8-20/h2-4,7-8,10,12,19,22H,5-6,9,11,13-18H2,1H3,(H,27,31)/t22-/m0/s1. The van der Waals surface area contributed by atoms with Gasteiger partial charge in [-0.3, -0.25) is 9.59 Å². The number of likely N-dealkylation sites (N-methyl/N-ethyl adjacent to an activating group) is 1. The number of pyridine rings is 1. The number of amides is 2. The maximum Gasteiger partial charge on any atom is 0.254 e. The molecule has 0 radical (unpaired) electrons. The fraction of sp³-hybridized carbons (Fsp3) is 0.480. The first kappa shape index (κ1) is 22.3. The lowest BCUT2D eigenvalue weighted by molar-refractivity contribution is 0.0601. The maximum absolute atomic E-state index is 13.4. The highest BCUT2D eigenvalue weighted by Crippen LogP contribution is 2.23. The Bertz CT molecular complexity index is 912. The van der Waals surface area contributed by atoms with E-state index in [2.05, 4.69) is 27.1 Å². The molecule has 1 aromatic heterocycles. The van der Waals surface area contributed by atoms with Crippen molar-refractivity contribution in [3.8, 4) is 0 Å². The molecule has 4 rings (SSSR count). The van der Waals surface area contributed by atoms with E-state index in [-0.39, 0.29) is 17.9 Å². The summed E-state index contributed by atoms with van der Waals surface area (Å²) in [5.41, 5.74) is 1.37. The molecular formula is C25H33N5O2. The first-order valence-electron chi connectivity index (χ1n) is 11.7. The SMILES string of the molecule is CN1CCN(c2cc(C(=O)N3CCCC[C@H]3CCNC(=O)c3ccccc3)ccn2)CC1. The molecule has 2 aliphatic heterocycles.